The molecular formula is C41H69O8P. The van der Waals surface area contributed by atoms with E-state index in [9.17, 15) is 14.2 Å². The third-order valence-electron chi connectivity index (χ3n) is 7.71. The zero-order valence-electron chi connectivity index (χ0n) is 31.3. The molecule has 1 atom stereocenters. The summed E-state index contributed by atoms with van der Waals surface area (Å²) in [7, 11) is -4.76. The monoisotopic (exact) mass is 720 g/mol. The summed E-state index contributed by atoms with van der Waals surface area (Å²) in [4.78, 5) is 42.7. The second kappa shape index (κ2) is 36.3. The summed E-state index contributed by atoms with van der Waals surface area (Å²) in [6, 6.07) is 0. The molecule has 0 aromatic carbocycles. The van der Waals surface area contributed by atoms with E-state index < -0.39 is 32.5 Å². The molecule has 0 bridgehead atoms. The molecule has 0 fully saturated rings. The van der Waals surface area contributed by atoms with E-state index in [1.54, 1.807) is 0 Å². The van der Waals surface area contributed by atoms with Crippen LogP contribution in [0.25, 0.3) is 0 Å². The lowest BCUT2D eigenvalue weighted by molar-refractivity contribution is -0.161. The van der Waals surface area contributed by atoms with Gasteiger partial charge in [0.15, 0.2) is 6.10 Å². The predicted molar refractivity (Wildman–Crippen MR) is 207 cm³/mol. The van der Waals surface area contributed by atoms with Crippen LogP contribution in [-0.4, -0.2) is 41.0 Å². The van der Waals surface area contributed by atoms with E-state index in [2.05, 4.69) is 91.3 Å². The Kier molecular flexibility index (Phi) is 34.5. The first-order valence-corrected chi connectivity index (χ1v) is 20.8. The van der Waals surface area contributed by atoms with Crippen molar-refractivity contribution in [1.29, 1.82) is 0 Å². The molecule has 0 saturated carbocycles. The molecule has 0 heterocycles. The molecule has 0 saturated heterocycles. The summed E-state index contributed by atoms with van der Waals surface area (Å²) in [6.07, 6.45) is 46.2. The molecule has 2 N–H and O–H groups in total. The fourth-order valence-electron chi connectivity index (χ4n) is 4.86. The molecule has 0 aromatic rings. The number of carbonyl (C=O) groups is 2. The van der Waals surface area contributed by atoms with Crippen molar-refractivity contribution in [3.8, 4) is 0 Å². The predicted octanol–water partition coefficient (Wildman–Crippen LogP) is 11.5. The van der Waals surface area contributed by atoms with Crippen molar-refractivity contribution in [2.45, 2.75) is 161 Å². The number of esters is 2. The zero-order valence-corrected chi connectivity index (χ0v) is 32.2. The van der Waals surface area contributed by atoms with Crippen LogP contribution >= 0.6 is 7.82 Å². The zero-order chi connectivity index (χ0) is 36.8. The summed E-state index contributed by atoms with van der Waals surface area (Å²) >= 11 is 0. The van der Waals surface area contributed by atoms with E-state index in [0.717, 1.165) is 89.9 Å². The maximum Gasteiger partial charge on any atom is 0.469 e. The maximum absolute atomic E-state index is 12.3. The van der Waals surface area contributed by atoms with Gasteiger partial charge in [-0.05, 0) is 83.5 Å². The van der Waals surface area contributed by atoms with E-state index in [0.29, 0.717) is 12.8 Å². The number of hydrogen-bond acceptors (Lipinski definition) is 6. The van der Waals surface area contributed by atoms with Crippen LogP contribution in [0.3, 0.4) is 0 Å². The van der Waals surface area contributed by atoms with Crippen LogP contribution in [-0.2, 0) is 28.2 Å². The molecule has 286 valence electrons. The Hall–Kier alpha value is -2.51. The van der Waals surface area contributed by atoms with Crippen LogP contribution in [0.2, 0.25) is 0 Å². The average Bonchev–Trinajstić information content (AvgIpc) is 3.08. The lowest BCUT2D eigenvalue weighted by Gasteiger charge is -2.18. The van der Waals surface area contributed by atoms with Gasteiger partial charge < -0.3 is 19.3 Å². The highest BCUT2D eigenvalue weighted by atomic mass is 31.2. The molecule has 0 rings (SSSR count). The number of allylic oxidation sites excluding steroid dienone is 12. The fraction of sp³-hybridized carbons (Fsp3) is 0.659. The molecule has 0 aliphatic carbocycles. The number of ether oxygens (including phenoxy) is 2. The Morgan fingerprint density at radius 2 is 0.960 bits per heavy atom. The number of phosphoric ester groups is 1. The fourth-order valence-corrected chi connectivity index (χ4v) is 5.22. The molecule has 0 aliphatic rings. The van der Waals surface area contributed by atoms with Gasteiger partial charge in [-0.25, -0.2) is 4.57 Å². The third-order valence-corrected chi connectivity index (χ3v) is 8.19. The number of phosphoric acid groups is 1. The molecule has 8 nitrogen and oxygen atoms in total. The normalized spacial score (nSPS) is 13.3. The second-order valence-electron chi connectivity index (χ2n) is 12.5. The second-order valence-corrected chi connectivity index (χ2v) is 13.8. The first-order chi connectivity index (χ1) is 24.3. The van der Waals surface area contributed by atoms with Gasteiger partial charge in [-0.1, -0.05) is 132 Å². The van der Waals surface area contributed by atoms with Crippen molar-refractivity contribution in [2.75, 3.05) is 13.2 Å². The summed E-state index contributed by atoms with van der Waals surface area (Å²) in [5.41, 5.74) is 0. The van der Waals surface area contributed by atoms with E-state index in [4.69, 9.17) is 19.3 Å². The average molecular weight is 721 g/mol. The standard InChI is InChI=1S/C41H69O8P/c1-3-5-7-9-11-13-15-17-18-19-20-21-22-24-25-27-29-31-33-35-40(42)47-37-39(38-48-50(44,45)46)49-41(43)36-34-32-30-28-26-23-16-14-12-10-8-6-4-2/h5,7,11,13-14,16-18,20-21,24-25,39H,3-4,6,8-10,12,15,19,22-23,26-38H2,1-2H3,(H2,44,45,46)/b7-5+,13-11+,16-14+,18-17+,21-20+,25-24+/t39-/m1/s1. The van der Waals surface area contributed by atoms with Crippen molar-refractivity contribution in [1.82, 2.24) is 0 Å². The number of unbranched alkanes of at least 4 members (excludes halogenated alkanes) is 12. The first-order valence-electron chi connectivity index (χ1n) is 19.2. The summed E-state index contributed by atoms with van der Waals surface area (Å²) in [5, 5.41) is 0. The summed E-state index contributed by atoms with van der Waals surface area (Å²) < 4.78 is 26.3. The van der Waals surface area contributed by atoms with Gasteiger partial charge in [0, 0.05) is 12.8 Å². The highest BCUT2D eigenvalue weighted by Crippen LogP contribution is 2.36. The van der Waals surface area contributed by atoms with Gasteiger partial charge in [0.2, 0.25) is 0 Å². The quantitative estimate of drug-likeness (QED) is 0.0292. The van der Waals surface area contributed by atoms with Crippen LogP contribution in [0.5, 0.6) is 0 Å². The van der Waals surface area contributed by atoms with Crippen LogP contribution in [0.15, 0.2) is 72.9 Å². The van der Waals surface area contributed by atoms with Crippen molar-refractivity contribution >= 4 is 19.8 Å². The lowest BCUT2D eigenvalue weighted by atomic mass is 10.1. The van der Waals surface area contributed by atoms with Gasteiger partial charge >= 0.3 is 19.8 Å². The van der Waals surface area contributed by atoms with Crippen LogP contribution in [0, 0.1) is 0 Å². The minimum Gasteiger partial charge on any atom is -0.462 e. The van der Waals surface area contributed by atoms with Gasteiger partial charge in [-0.2, -0.15) is 0 Å². The van der Waals surface area contributed by atoms with Gasteiger partial charge in [0.05, 0.1) is 6.61 Å². The van der Waals surface area contributed by atoms with Gasteiger partial charge in [0.25, 0.3) is 0 Å². The summed E-state index contributed by atoms with van der Waals surface area (Å²) in [6.45, 7) is 3.50. The molecule has 9 heteroatoms. The van der Waals surface area contributed by atoms with E-state index in [-0.39, 0.29) is 19.4 Å². The number of rotatable bonds is 34. The van der Waals surface area contributed by atoms with E-state index in [1.807, 2.05) is 0 Å². The molecule has 0 spiro atoms. The Labute approximate surface area is 304 Å². The maximum atomic E-state index is 12.3. The number of hydrogen-bond donors (Lipinski definition) is 2. The Balaban J connectivity index is 4.05. The van der Waals surface area contributed by atoms with Gasteiger partial charge in [-0.3, -0.25) is 14.1 Å². The minimum absolute atomic E-state index is 0.190. The largest absolute Gasteiger partial charge is 0.469 e. The first kappa shape index (κ1) is 47.5. The molecule has 0 radical (unpaired) electrons. The molecule has 0 amide bonds. The van der Waals surface area contributed by atoms with Crippen molar-refractivity contribution in [3.63, 3.8) is 0 Å². The lowest BCUT2D eigenvalue weighted by Crippen LogP contribution is -2.29. The van der Waals surface area contributed by atoms with Gasteiger partial charge in [-0.15, -0.1) is 0 Å². The van der Waals surface area contributed by atoms with Crippen LogP contribution in [0.4, 0.5) is 0 Å². The molecule has 0 aromatic heterocycles. The summed E-state index contributed by atoms with van der Waals surface area (Å²) in [5.74, 6) is -0.940. The molecule has 50 heavy (non-hydrogen) atoms. The van der Waals surface area contributed by atoms with Crippen molar-refractivity contribution in [2.24, 2.45) is 0 Å². The molecular weight excluding hydrogens is 651 g/mol. The van der Waals surface area contributed by atoms with Crippen molar-refractivity contribution < 1.29 is 37.9 Å². The Morgan fingerprint density at radius 3 is 1.48 bits per heavy atom. The topological polar surface area (TPSA) is 119 Å². The van der Waals surface area contributed by atoms with Crippen molar-refractivity contribution in [3.05, 3.63) is 72.9 Å². The molecule has 0 aliphatic heterocycles. The smallest absolute Gasteiger partial charge is 0.462 e. The number of carbonyl (C=O) groups excluding carboxylic acids is 2. The Morgan fingerprint density at radius 1 is 0.540 bits per heavy atom. The molecule has 0 unspecified atom stereocenters. The SMILES string of the molecule is CC/C=C/C/C=C/C/C=C/C/C=C/C/C=C/CCCCCC(=O)OC[C@H](COP(=O)(O)O)OC(=O)CCCCCCC/C=C/CCCCCC. The van der Waals surface area contributed by atoms with Crippen LogP contribution < -0.4 is 0 Å². The minimum atomic E-state index is -4.76. The Bertz CT molecular complexity index is 1040. The van der Waals surface area contributed by atoms with E-state index in [1.165, 1.54) is 25.7 Å². The van der Waals surface area contributed by atoms with Gasteiger partial charge in [0.1, 0.15) is 6.61 Å². The highest BCUT2D eigenvalue weighted by molar-refractivity contribution is 7.46. The third kappa shape index (κ3) is 38.3. The van der Waals surface area contributed by atoms with E-state index >= 15 is 0 Å². The highest BCUT2D eigenvalue weighted by Gasteiger charge is 2.22. The van der Waals surface area contributed by atoms with Crippen LogP contribution in [0.1, 0.15) is 155 Å².